The van der Waals surface area contributed by atoms with Gasteiger partial charge in [-0.15, -0.1) is 0 Å². The van der Waals surface area contributed by atoms with Crippen LogP contribution >= 0.6 is 0 Å². The Morgan fingerprint density at radius 1 is 1.14 bits per heavy atom. The topological polar surface area (TPSA) is 37.5 Å². The molecule has 0 amide bonds. The molecule has 2 aromatic carbocycles. The molecule has 6 rings (SSSR count). The van der Waals surface area contributed by atoms with Crippen LogP contribution in [0.3, 0.4) is 0 Å². The Morgan fingerprint density at radius 3 is 2.93 bits per heavy atom. The number of pyridine rings is 1. The van der Waals surface area contributed by atoms with Crippen molar-refractivity contribution < 1.29 is 5.11 Å². The van der Waals surface area contributed by atoms with E-state index < -0.39 is 0 Å². The van der Waals surface area contributed by atoms with Gasteiger partial charge in [0, 0.05) is 35.1 Å². The van der Waals surface area contributed by atoms with E-state index in [0.717, 1.165) is 23.2 Å². The Bertz CT molecular complexity index is 1300. The van der Waals surface area contributed by atoms with Crippen molar-refractivity contribution in [2.45, 2.75) is 25.4 Å². The molecule has 0 saturated carbocycles. The summed E-state index contributed by atoms with van der Waals surface area (Å²) in [6, 6.07) is 14.8. The van der Waals surface area contributed by atoms with E-state index in [2.05, 4.69) is 65.0 Å². The van der Waals surface area contributed by atoms with E-state index in [1.54, 1.807) is 0 Å². The molecule has 2 aliphatic carbocycles. The summed E-state index contributed by atoms with van der Waals surface area (Å²) in [5.74, 6) is 0. The van der Waals surface area contributed by atoms with Gasteiger partial charge in [0.05, 0.1) is 6.61 Å². The number of hydrogen-bond acceptors (Lipinski definition) is 2. The lowest BCUT2D eigenvalue weighted by Gasteiger charge is -2.21. The summed E-state index contributed by atoms with van der Waals surface area (Å²) in [6.45, 7) is 2.26. The number of allylic oxidation sites excluding steroid dienone is 1. The third-order valence-electron chi connectivity index (χ3n) is 6.38. The molecule has 1 atom stereocenters. The molecule has 1 unspecified atom stereocenters. The number of aliphatic hydroxyl groups excluding tert-OH is 1. The van der Waals surface area contributed by atoms with Crippen molar-refractivity contribution in [3.05, 3.63) is 101 Å². The van der Waals surface area contributed by atoms with Gasteiger partial charge < -0.3 is 9.51 Å². The third-order valence-corrected chi connectivity index (χ3v) is 6.38. The Morgan fingerprint density at radius 2 is 2.04 bits per heavy atom. The predicted molar refractivity (Wildman–Crippen MR) is 111 cm³/mol. The van der Waals surface area contributed by atoms with Gasteiger partial charge in [0.2, 0.25) is 0 Å². The molecule has 136 valence electrons. The number of imidazole rings is 1. The Hall–Kier alpha value is -3.17. The number of aryl methyl sites for hydroxylation is 1. The van der Waals surface area contributed by atoms with E-state index in [1.165, 1.54) is 33.4 Å². The summed E-state index contributed by atoms with van der Waals surface area (Å²) in [5.41, 5.74) is 11.1. The maximum absolute atomic E-state index is 9.59. The van der Waals surface area contributed by atoms with Crippen molar-refractivity contribution in [2.24, 2.45) is 0 Å². The fourth-order valence-corrected chi connectivity index (χ4v) is 4.93. The number of rotatable bonds is 2. The lowest BCUT2D eigenvalue weighted by molar-refractivity contribution is 0.282. The zero-order valence-corrected chi connectivity index (χ0v) is 15.7. The van der Waals surface area contributed by atoms with Gasteiger partial charge in [0.25, 0.3) is 0 Å². The Balaban J connectivity index is 1.59. The maximum Gasteiger partial charge on any atom is 0.141 e. The van der Waals surface area contributed by atoms with Crippen molar-refractivity contribution >= 4 is 11.7 Å². The molecule has 0 bridgehead atoms. The number of benzene rings is 2. The molecule has 0 radical (unpaired) electrons. The molecule has 4 aromatic rings. The fourth-order valence-electron chi connectivity index (χ4n) is 4.93. The number of nitrogens with zero attached hydrogens (tertiary/aromatic N) is 2. The quantitative estimate of drug-likeness (QED) is 0.561. The molecule has 0 saturated heterocycles. The predicted octanol–water partition coefficient (Wildman–Crippen LogP) is 4.67. The first-order valence-electron chi connectivity index (χ1n) is 9.70. The van der Waals surface area contributed by atoms with Gasteiger partial charge in [-0.05, 0) is 52.8 Å². The maximum atomic E-state index is 9.59. The van der Waals surface area contributed by atoms with Crippen molar-refractivity contribution in [2.75, 3.05) is 0 Å². The van der Waals surface area contributed by atoms with Crippen LogP contribution in [0.25, 0.3) is 22.9 Å². The first-order chi connectivity index (χ1) is 13.7. The highest BCUT2D eigenvalue weighted by Crippen LogP contribution is 2.60. The molecule has 3 heteroatoms. The van der Waals surface area contributed by atoms with Crippen LogP contribution in [0.5, 0.6) is 0 Å². The standard InChI is InChI=1S/C25H20N2O/c1-16-4-2-6-18-8-9-25(13-20(16)18)22-21(19-7-3-5-17(12-19)15-28)14-27-11-10-26-24(27)23(22)25/h2-12,14,28H,13,15H2,1H3. The van der Waals surface area contributed by atoms with E-state index in [4.69, 9.17) is 0 Å². The third kappa shape index (κ3) is 2.00. The lowest BCUT2D eigenvalue weighted by atomic mass is 9.81. The van der Waals surface area contributed by atoms with Crippen molar-refractivity contribution in [1.29, 1.82) is 0 Å². The van der Waals surface area contributed by atoms with Crippen LogP contribution in [0.15, 0.2) is 67.1 Å². The lowest BCUT2D eigenvalue weighted by Crippen LogP contribution is -2.15. The molecule has 1 spiro atoms. The van der Waals surface area contributed by atoms with E-state index in [9.17, 15) is 5.11 Å². The first-order valence-corrected chi connectivity index (χ1v) is 9.70. The number of hydrogen-bond donors (Lipinski definition) is 1. The summed E-state index contributed by atoms with van der Waals surface area (Å²) in [5, 5.41) is 9.59. The molecule has 28 heavy (non-hydrogen) atoms. The van der Waals surface area contributed by atoms with Crippen LogP contribution in [0, 0.1) is 6.92 Å². The van der Waals surface area contributed by atoms with Crippen molar-refractivity contribution in [3.63, 3.8) is 0 Å². The van der Waals surface area contributed by atoms with Gasteiger partial charge in [-0.25, -0.2) is 4.98 Å². The average Bonchev–Trinajstić information content (AvgIpc) is 3.10. The van der Waals surface area contributed by atoms with Crippen LogP contribution in [0.1, 0.15) is 33.4 Å². The summed E-state index contributed by atoms with van der Waals surface area (Å²) in [6.07, 6.45) is 11.7. The van der Waals surface area contributed by atoms with Crippen LogP contribution in [-0.2, 0) is 18.4 Å². The minimum atomic E-state index is -0.0697. The van der Waals surface area contributed by atoms with E-state index in [-0.39, 0.29) is 12.0 Å². The number of aliphatic hydroxyl groups is 1. The molecule has 3 nitrogen and oxygen atoms in total. The van der Waals surface area contributed by atoms with Crippen LogP contribution in [-0.4, -0.2) is 14.5 Å². The zero-order valence-electron chi connectivity index (χ0n) is 15.7. The largest absolute Gasteiger partial charge is 0.392 e. The van der Waals surface area contributed by atoms with Gasteiger partial charge in [0.1, 0.15) is 5.65 Å². The molecule has 2 heterocycles. The zero-order chi connectivity index (χ0) is 18.9. The number of fused-ring (bicyclic) bond motifs is 6. The van der Waals surface area contributed by atoms with Gasteiger partial charge in [0.15, 0.2) is 0 Å². The Labute approximate surface area is 163 Å². The fraction of sp³-hybridized carbons (Fsp3) is 0.160. The van der Waals surface area contributed by atoms with Gasteiger partial charge in [-0.1, -0.05) is 48.6 Å². The first kappa shape index (κ1) is 15.8. The van der Waals surface area contributed by atoms with Crippen LogP contribution in [0.4, 0.5) is 0 Å². The monoisotopic (exact) mass is 364 g/mol. The summed E-state index contributed by atoms with van der Waals surface area (Å²) >= 11 is 0. The second-order valence-electron chi connectivity index (χ2n) is 7.93. The smallest absolute Gasteiger partial charge is 0.141 e. The van der Waals surface area contributed by atoms with E-state index in [0.29, 0.717) is 0 Å². The SMILES string of the molecule is Cc1cccc2c1CC1(C=C2)c2c(-c3cccc(CO)c3)cn3ccnc3c21. The molecule has 0 fully saturated rings. The second-order valence-corrected chi connectivity index (χ2v) is 7.93. The van der Waals surface area contributed by atoms with Crippen LogP contribution < -0.4 is 0 Å². The van der Waals surface area contributed by atoms with Crippen LogP contribution in [0.2, 0.25) is 0 Å². The van der Waals surface area contributed by atoms with Gasteiger partial charge >= 0.3 is 0 Å². The highest BCUT2D eigenvalue weighted by molar-refractivity contribution is 5.89. The molecule has 2 aromatic heterocycles. The van der Waals surface area contributed by atoms with E-state index in [1.807, 2.05) is 24.5 Å². The molecule has 1 N–H and O–H groups in total. The van der Waals surface area contributed by atoms with Gasteiger partial charge in [-0.3, -0.25) is 0 Å². The summed E-state index contributed by atoms with van der Waals surface area (Å²) in [4.78, 5) is 4.66. The summed E-state index contributed by atoms with van der Waals surface area (Å²) in [7, 11) is 0. The molecule has 2 aliphatic rings. The molecule has 0 aliphatic heterocycles. The van der Waals surface area contributed by atoms with Crippen molar-refractivity contribution in [1.82, 2.24) is 9.38 Å². The highest BCUT2D eigenvalue weighted by atomic mass is 16.3. The number of aromatic nitrogens is 2. The van der Waals surface area contributed by atoms with E-state index >= 15 is 0 Å². The average molecular weight is 364 g/mol. The minimum absolute atomic E-state index is 0.0565. The van der Waals surface area contributed by atoms with Crippen molar-refractivity contribution in [3.8, 4) is 11.1 Å². The Kier molecular flexibility index (Phi) is 3.07. The second kappa shape index (κ2) is 5.43. The van der Waals surface area contributed by atoms with Gasteiger partial charge in [-0.2, -0.15) is 0 Å². The molecular weight excluding hydrogens is 344 g/mol. The normalized spacial score (nSPS) is 19.1. The highest BCUT2D eigenvalue weighted by Gasteiger charge is 2.54. The minimum Gasteiger partial charge on any atom is -0.392 e. The molecular formula is C25H20N2O. The summed E-state index contributed by atoms with van der Waals surface area (Å²) < 4.78 is 2.13.